The van der Waals surface area contributed by atoms with E-state index < -0.39 is 0 Å². The Hall–Kier alpha value is -1.52. The number of carbonyl (C=O) groups excluding carboxylic acids is 1. The van der Waals surface area contributed by atoms with Crippen molar-refractivity contribution >= 4 is 11.6 Å². The second kappa shape index (κ2) is 5.35. The lowest BCUT2D eigenvalue weighted by atomic mass is 9.88. The Balaban J connectivity index is 1.73. The number of nitrogen functional groups attached to an aromatic ring is 1. The molecule has 0 aliphatic heterocycles. The predicted molar refractivity (Wildman–Crippen MR) is 82.9 cm³/mol. The van der Waals surface area contributed by atoms with Crippen LogP contribution in [0.25, 0.3) is 0 Å². The molecule has 2 bridgehead atoms. The first-order valence-corrected chi connectivity index (χ1v) is 8.09. The van der Waals surface area contributed by atoms with Gasteiger partial charge in [-0.3, -0.25) is 9.48 Å². The summed E-state index contributed by atoms with van der Waals surface area (Å²) in [7, 11) is 1.90. The smallest absolute Gasteiger partial charge is 0.274 e. The number of aryl methyl sites for hydroxylation is 2. The van der Waals surface area contributed by atoms with Gasteiger partial charge in [0.2, 0.25) is 0 Å². The van der Waals surface area contributed by atoms with Crippen LogP contribution in [0, 0.1) is 24.7 Å². The molecule has 2 N–H and O–H groups in total. The maximum absolute atomic E-state index is 12.7. The highest BCUT2D eigenvalue weighted by atomic mass is 16.2. The van der Waals surface area contributed by atoms with E-state index in [1.54, 1.807) is 4.68 Å². The van der Waals surface area contributed by atoms with Gasteiger partial charge in [0.05, 0.1) is 11.4 Å². The number of nitrogens with zero attached hydrogens (tertiary/aromatic N) is 3. The molecule has 116 valence electrons. The second-order valence-corrected chi connectivity index (χ2v) is 6.78. The molecule has 3 unspecified atom stereocenters. The van der Waals surface area contributed by atoms with Gasteiger partial charge in [-0.15, -0.1) is 0 Å². The van der Waals surface area contributed by atoms with Crippen molar-refractivity contribution in [2.45, 2.75) is 46.1 Å². The molecule has 0 saturated heterocycles. The van der Waals surface area contributed by atoms with Gasteiger partial charge in [0.1, 0.15) is 5.69 Å². The van der Waals surface area contributed by atoms with Gasteiger partial charge in [-0.2, -0.15) is 5.10 Å². The number of amides is 1. The van der Waals surface area contributed by atoms with Crippen LogP contribution in [0.4, 0.5) is 5.69 Å². The normalized spacial score (nSPS) is 27.3. The topological polar surface area (TPSA) is 64.2 Å². The summed E-state index contributed by atoms with van der Waals surface area (Å²) in [6.07, 6.45) is 5.42. The molecule has 0 radical (unpaired) electrons. The Morgan fingerprint density at radius 1 is 1.43 bits per heavy atom. The molecular weight excluding hydrogens is 264 g/mol. The molecule has 21 heavy (non-hydrogen) atoms. The van der Waals surface area contributed by atoms with E-state index >= 15 is 0 Å². The lowest BCUT2D eigenvalue weighted by molar-refractivity contribution is 0.0743. The van der Waals surface area contributed by atoms with Crippen molar-refractivity contribution in [3.05, 3.63) is 11.4 Å². The van der Waals surface area contributed by atoms with E-state index in [4.69, 9.17) is 5.73 Å². The fourth-order valence-corrected chi connectivity index (χ4v) is 4.27. The summed E-state index contributed by atoms with van der Waals surface area (Å²) in [5, 5.41) is 4.35. The molecular formula is C16H26N4O. The van der Waals surface area contributed by atoms with E-state index in [0.717, 1.165) is 24.1 Å². The van der Waals surface area contributed by atoms with Crippen molar-refractivity contribution in [3.63, 3.8) is 0 Å². The largest absolute Gasteiger partial charge is 0.395 e. The second-order valence-electron chi connectivity index (χ2n) is 6.78. The maximum Gasteiger partial charge on any atom is 0.274 e. The maximum atomic E-state index is 12.7. The minimum atomic E-state index is 0.0118. The van der Waals surface area contributed by atoms with Crippen molar-refractivity contribution in [1.82, 2.24) is 14.7 Å². The number of nitrogens with two attached hydrogens (primary N) is 1. The molecule has 0 spiro atoms. The average Bonchev–Trinajstić information content (AvgIpc) is 3.14. The molecule has 2 saturated carbocycles. The number of aromatic nitrogens is 2. The van der Waals surface area contributed by atoms with Gasteiger partial charge in [0.25, 0.3) is 5.91 Å². The summed E-state index contributed by atoms with van der Waals surface area (Å²) in [5.74, 6) is 2.44. The summed E-state index contributed by atoms with van der Waals surface area (Å²) in [5.41, 5.74) is 7.89. The Kier molecular flexibility index (Phi) is 3.68. The van der Waals surface area contributed by atoms with Gasteiger partial charge in [0, 0.05) is 20.1 Å². The van der Waals surface area contributed by atoms with Gasteiger partial charge in [-0.25, -0.2) is 0 Å². The summed E-state index contributed by atoms with van der Waals surface area (Å²) in [6.45, 7) is 5.36. The van der Waals surface area contributed by atoms with E-state index in [1.807, 2.05) is 25.8 Å². The summed E-state index contributed by atoms with van der Waals surface area (Å²) >= 11 is 0. The van der Waals surface area contributed by atoms with Crippen LogP contribution in [0.3, 0.4) is 0 Å². The molecule has 1 aromatic heterocycles. The minimum Gasteiger partial charge on any atom is -0.395 e. The summed E-state index contributed by atoms with van der Waals surface area (Å²) in [6, 6.07) is 0. The quantitative estimate of drug-likeness (QED) is 0.925. The summed E-state index contributed by atoms with van der Waals surface area (Å²) in [4.78, 5) is 14.6. The van der Waals surface area contributed by atoms with Gasteiger partial charge in [-0.1, -0.05) is 6.42 Å². The molecule has 2 aliphatic carbocycles. The minimum absolute atomic E-state index is 0.0118. The average molecular weight is 290 g/mol. The van der Waals surface area contributed by atoms with Crippen molar-refractivity contribution in [2.75, 3.05) is 19.3 Å². The number of fused-ring (bicyclic) bond motifs is 2. The molecule has 3 atom stereocenters. The van der Waals surface area contributed by atoms with E-state index in [2.05, 4.69) is 5.10 Å². The molecule has 2 aliphatic rings. The third-order valence-corrected chi connectivity index (χ3v) is 5.42. The van der Waals surface area contributed by atoms with Gasteiger partial charge >= 0.3 is 0 Å². The molecule has 5 nitrogen and oxygen atoms in total. The third-order valence-electron chi connectivity index (χ3n) is 5.42. The highest BCUT2D eigenvalue weighted by Gasteiger charge is 2.40. The molecule has 5 heteroatoms. The van der Waals surface area contributed by atoms with E-state index in [9.17, 15) is 4.79 Å². The fraction of sp³-hybridized carbons (Fsp3) is 0.750. The zero-order chi connectivity index (χ0) is 15.1. The monoisotopic (exact) mass is 290 g/mol. The zero-order valence-corrected chi connectivity index (χ0v) is 13.3. The fourth-order valence-electron chi connectivity index (χ4n) is 4.27. The Morgan fingerprint density at radius 3 is 2.76 bits per heavy atom. The van der Waals surface area contributed by atoms with Gasteiger partial charge in [0.15, 0.2) is 0 Å². The van der Waals surface area contributed by atoms with E-state index in [0.29, 0.717) is 23.8 Å². The van der Waals surface area contributed by atoms with Crippen LogP contribution in [0.2, 0.25) is 0 Å². The first kappa shape index (κ1) is 14.4. The lowest BCUT2D eigenvalue weighted by Gasteiger charge is -2.27. The van der Waals surface area contributed by atoms with E-state index in [-0.39, 0.29) is 5.91 Å². The molecule has 0 aromatic carbocycles. The predicted octanol–water partition coefficient (Wildman–Crippen LogP) is 2.30. The Bertz CT molecular complexity index is 551. The Morgan fingerprint density at radius 2 is 2.19 bits per heavy atom. The van der Waals surface area contributed by atoms with Crippen LogP contribution in [-0.4, -0.2) is 34.2 Å². The number of hydrogen-bond acceptors (Lipinski definition) is 3. The molecule has 2 fully saturated rings. The van der Waals surface area contributed by atoms with Crippen molar-refractivity contribution in [1.29, 1.82) is 0 Å². The van der Waals surface area contributed by atoms with Crippen molar-refractivity contribution in [3.8, 4) is 0 Å². The number of anilines is 1. The number of hydrogen-bond donors (Lipinski definition) is 1. The molecule has 1 amide bonds. The standard InChI is InChI=1S/C16H26N4O/c1-4-20-15(14(17)10(2)18-20)16(21)19(3)9-13-8-11-5-6-12(13)7-11/h11-13H,4-9,17H2,1-3H3. The molecule has 1 aromatic rings. The van der Waals surface area contributed by atoms with Crippen LogP contribution < -0.4 is 5.73 Å². The lowest BCUT2D eigenvalue weighted by Crippen LogP contribution is -2.35. The van der Waals surface area contributed by atoms with Crippen LogP contribution in [-0.2, 0) is 6.54 Å². The Labute approximate surface area is 126 Å². The third kappa shape index (κ3) is 2.43. The molecule has 3 rings (SSSR count). The van der Waals surface area contributed by atoms with Crippen LogP contribution >= 0.6 is 0 Å². The van der Waals surface area contributed by atoms with Crippen LogP contribution in [0.15, 0.2) is 0 Å². The first-order chi connectivity index (χ1) is 10.0. The number of carbonyl (C=O) groups is 1. The van der Waals surface area contributed by atoms with Crippen molar-refractivity contribution in [2.24, 2.45) is 17.8 Å². The summed E-state index contributed by atoms with van der Waals surface area (Å²) < 4.78 is 1.73. The van der Waals surface area contributed by atoms with Gasteiger partial charge in [-0.05, 0) is 50.9 Å². The van der Waals surface area contributed by atoms with E-state index in [1.165, 1.54) is 25.7 Å². The van der Waals surface area contributed by atoms with Gasteiger partial charge < -0.3 is 10.6 Å². The number of rotatable bonds is 4. The SMILES string of the molecule is CCn1nc(C)c(N)c1C(=O)N(C)CC1CC2CCC1C2. The molecule has 1 heterocycles. The first-order valence-electron chi connectivity index (χ1n) is 8.09. The highest BCUT2D eigenvalue weighted by molar-refractivity contribution is 5.97. The highest BCUT2D eigenvalue weighted by Crippen LogP contribution is 2.48. The van der Waals surface area contributed by atoms with Crippen LogP contribution in [0.1, 0.15) is 48.8 Å². The zero-order valence-electron chi connectivity index (χ0n) is 13.3. The van der Waals surface area contributed by atoms with Crippen LogP contribution in [0.5, 0.6) is 0 Å². The van der Waals surface area contributed by atoms with Crippen molar-refractivity contribution < 1.29 is 4.79 Å².